The molecule has 0 radical (unpaired) electrons. The molecule has 0 saturated heterocycles. The molecule has 3 rings (SSSR count). The van der Waals surface area contributed by atoms with Crippen molar-refractivity contribution in [3.8, 4) is 0 Å². The van der Waals surface area contributed by atoms with Crippen molar-refractivity contribution in [2.45, 2.75) is 48.5 Å². The average Bonchev–Trinajstić information content (AvgIpc) is 2.93. The molecular formula is C33H45N5O5. The van der Waals surface area contributed by atoms with Crippen LogP contribution >= 0.6 is 0 Å². The Hall–Kier alpha value is -4.60. The highest BCUT2D eigenvalue weighted by molar-refractivity contribution is 6.04. The van der Waals surface area contributed by atoms with E-state index < -0.39 is 10.3 Å². The van der Waals surface area contributed by atoms with Gasteiger partial charge in [-0.3, -0.25) is 19.7 Å². The Morgan fingerprint density at radius 3 is 1.72 bits per heavy atom. The summed E-state index contributed by atoms with van der Waals surface area (Å²) in [6.07, 6.45) is 0. The number of ether oxygens (including phenoxy) is 1. The summed E-state index contributed by atoms with van der Waals surface area (Å²) < 4.78 is 5.67. The van der Waals surface area contributed by atoms with Gasteiger partial charge >= 0.3 is 5.97 Å². The minimum atomic E-state index is -0.570. The fraction of sp³-hybridized carbons (Fsp3) is 0.394. The maximum absolute atomic E-state index is 12.9. The van der Waals surface area contributed by atoms with Crippen LogP contribution in [0.2, 0.25) is 0 Å². The molecule has 0 aliphatic rings. The van der Waals surface area contributed by atoms with Crippen LogP contribution in [0.5, 0.6) is 0 Å². The van der Waals surface area contributed by atoms with E-state index in [9.17, 15) is 19.7 Å². The summed E-state index contributed by atoms with van der Waals surface area (Å²) in [5.74, 6) is -0.465. The van der Waals surface area contributed by atoms with E-state index >= 15 is 0 Å². The molecule has 0 unspecified atom stereocenters. The number of rotatable bonds is 8. The second-order valence-electron chi connectivity index (χ2n) is 12.7. The lowest BCUT2D eigenvalue weighted by molar-refractivity contribution is -0.384. The molecule has 0 spiro atoms. The van der Waals surface area contributed by atoms with E-state index in [4.69, 9.17) is 16.2 Å². The van der Waals surface area contributed by atoms with Crippen molar-refractivity contribution in [3.05, 3.63) is 88.5 Å². The molecule has 0 aliphatic carbocycles. The summed E-state index contributed by atoms with van der Waals surface area (Å²) in [6.45, 7) is 15.6. The van der Waals surface area contributed by atoms with Crippen molar-refractivity contribution < 1.29 is 19.2 Å². The number of nitrogens with zero attached hydrogens (tertiary/aromatic N) is 2. The molecule has 10 nitrogen and oxygen atoms in total. The van der Waals surface area contributed by atoms with Crippen molar-refractivity contribution in [1.82, 2.24) is 0 Å². The first kappa shape index (κ1) is 34.6. The zero-order valence-electron chi connectivity index (χ0n) is 26.4. The van der Waals surface area contributed by atoms with Crippen LogP contribution in [-0.4, -0.2) is 37.0 Å². The molecule has 43 heavy (non-hydrogen) atoms. The Morgan fingerprint density at radius 1 is 0.814 bits per heavy atom. The number of benzene rings is 3. The van der Waals surface area contributed by atoms with Crippen LogP contribution in [0.3, 0.4) is 0 Å². The number of hydrogen-bond donors (Lipinski definition) is 3. The topological polar surface area (TPSA) is 154 Å². The monoisotopic (exact) mass is 591 g/mol. The number of carbonyl (C=O) groups is 2. The highest BCUT2D eigenvalue weighted by atomic mass is 16.6. The first-order chi connectivity index (χ1) is 19.9. The van der Waals surface area contributed by atoms with Gasteiger partial charge in [0.15, 0.2) is 0 Å². The second-order valence-corrected chi connectivity index (χ2v) is 12.7. The molecule has 0 atom stereocenters. The molecule has 3 aromatic carbocycles. The van der Waals surface area contributed by atoms with Crippen molar-refractivity contribution in [2.24, 2.45) is 16.2 Å². The Bertz CT molecular complexity index is 1360. The number of carbonyl (C=O) groups excluding carboxylic acids is 2. The van der Waals surface area contributed by atoms with Gasteiger partial charge in [0.2, 0.25) is 0 Å². The lowest BCUT2D eigenvalue weighted by Crippen LogP contribution is -2.51. The number of nitrogens with one attached hydrogen (secondary N) is 1. The van der Waals surface area contributed by atoms with Crippen LogP contribution in [0.15, 0.2) is 72.8 Å². The summed E-state index contributed by atoms with van der Waals surface area (Å²) in [5, 5.41) is 13.2. The Kier molecular flexibility index (Phi) is 11.3. The lowest BCUT2D eigenvalue weighted by atomic mass is 9.55. The first-order valence-corrected chi connectivity index (χ1v) is 14.0. The number of nitrogen functional groups attached to an aromatic ring is 2. The summed E-state index contributed by atoms with van der Waals surface area (Å²) in [7, 11) is 1.98. The molecule has 5 N–H and O–H groups in total. The van der Waals surface area contributed by atoms with E-state index in [1.807, 2.05) is 38.2 Å². The standard InChI is InChI=1S/C20H34N2O2.C13H11N3O3/c1-18(2,3)20(7,19(4,5)6)17(23)24-14-13-22(8)16-11-9-15(21)10-12-16;14-10-3-5-11(6-4-10)15-13(17)9-1-7-12(8-2-9)16(18)19/h9-12H,13-14,21H2,1-8H3;1-8H,14H2,(H,15,17). The predicted octanol–water partition coefficient (Wildman–Crippen LogP) is 6.78. The maximum Gasteiger partial charge on any atom is 0.312 e. The normalized spacial score (nSPS) is 11.5. The Labute approximate surface area is 254 Å². The van der Waals surface area contributed by atoms with Gasteiger partial charge in [-0.25, -0.2) is 0 Å². The van der Waals surface area contributed by atoms with Gasteiger partial charge in [-0.1, -0.05) is 41.5 Å². The largest absolute Gasteiger partial charge is 0.463 e. The van der Waals surface area contributed by atoms with Gasteiger partial charge in [-0.15, -0.1) is 0 Å². The van der Waals surface area contributed by atoms with E-state index in [-0.39, 0.29) is 28.4 Å². The molecule has 0 saturated carbocycles. The van der Waals surface area contributed by atoms with Crippen molar-refractivity contribution in [1.29, 1.82) is 0 Å². The number of hydrogen-bond acceptors (Lipinski definition) is 8. The van der Waals surface area contributed by atoms with Crippen molar-refractivity contribution in [2.75, 3.05) is 41.9 Å². The second kappa shape index (κ2) is 14.0. The van der Waals surface area contributed by atoms with E-state index in [1.54, 1.807) is 24.3 Å². The zero-order chi connectivity index (χ0) is 32.6. The van der Waals surface area contributed by atoms with E-state index in [0.29, 0.717) is 30.1 Å². The number of nitrogens with two attached hydrogens (primary N) is 2. The number of non-ortho nitro benzene ring substituents is 1. The van der Waals surface area contributed by atoms with Crippen LogP contribution in [0.25, 0.3) is 0 Å². The molecule has 0 heterocycles. The summed E-state index contributed by atoms with van der Waals surface area (Å²) >= 11 is 0. The number of anilines is 4. The van der Waals surface area contributed by atoms with Crippen LogP contribution < -0.4 is 21.7 Å². The van der Waals surface area contributed by atoms with Gasteiger partial charge < -0.3 is 26.4 Å². The number of amides is 1. The smallest absolute Gasteiger partial charge is 0.312 e. The molecule has 232 valence electrons. The van der Waals surface area contributed by atoms with Gasteiger partial charge in [0.25, 0.3) is 11.6 Å². The Morgan fingerprint density at radius 2 is 1.28 bits per heavy atom. The van der Waals surface area contributed by atoms with Gasteiger partial charge in [0, 0.05) is 47.5 Å². The van der Waals surface area contributed by atoms with Crippen LogP contribution in [0, 0.1) is 26.4 Å². The van der Waals surface area contributed by atoms with Crippen LogP contribution in [0.1, 0.15) is 58.8 Å². The predicted molar refractivity (Wildman–Crippen MR) is 174 cm³/mol. The summed E-state index contributed by atoms with van der Waals surface area (Å²) in [5.41, 5.74) is 13.6. The fourth-order valence-electron chi connectivity index (χ4n) is 4.52. The summed E-state index contributed by atoms with van der Waals surface area (Å²) in [4.78, 5) is 36.8. The van der Waals surface area contributed by atoms with E-state index in [2.05, 4.69) is 51.8 Å². The van der Waals surface area contributed by atoms with Crippen molar-refractivity contribution >= 4 is 40.3 Å². The van der Waals surface area contributed by atoms with Gasteiger partial charge in [-0.05, 0) is 78.4 Å². The highest BCUT2D eigenvalue weighted by Crippen LogP contribution is 2.52. The van der Waals surface area contributed by atoms with Gasteiger partial charge in [0.05, 0.1) is 16.9 Å². The van der Waals surface area contributed by atoms with Crippen molar-refractivity contribution in [3.63, 3.8) is 0 Å². The van der Waals surface area contributed by atoms with Gasteiger partial charge in [-0.2, -0.15) is 0 Å². The van der Waals surface area contributed by atoms with Crippen LogP contribution in [-0.2, 0) is 9.53 Å². The minimum Gasteiger partial charge on any atom is -0.463 e. The molecule has 10 heteroatoms. The number of nitro groups is 1. The quantitative estimate of drug-likeness (QED) is 0.112. The fourth-order valence-corrected chi connectivity index (χ4v) is 4.52. The SMILES string of the molecule is CN(CCOC(=O)C(C)(C(C)(C)C)C(C)(C)C)c1ccc(N)cc1.Nc1ccc(NC(=O)c2ccc([N+](=O)[O-])cc2)cc1. The molecule has 0 fully saturated rings. The minimum absolute atomic E-state index is 0.0518. The third-order valence-corrected chi connectivity index (χ3v) is 7.91. The zero-order valence-corrected chi connectivity index (χ0v) is 26.4. The number of likely N-dealkylation sites (N-methyl/N-ethyl adjacent to an activating group) is 1. The molecule has 0 aliphatic heterocycles. The first-order valence-electron chi connectivity index (χ1n) is 14.0. The molecule has 3 aromatic rings. The maximum atomic E-state index is 12.9. The molecule has 0 aromatic heterocycles. The third kappa shape index (κ3) is 9.19. The average molecular weight is 592 g/mol. The molecule has 1 amide bonds. The molecular weight excluding hydrogens is 546 g/mol. The summed E-state index contributed by atoms with van der Waals surface area (Å²) in [6, 6.07) is 19.8. The number of nitro benzene ring substituents is 1. The Balaban J connectivity index is 0.000000307. The van der Waals surface area contributed by atoms with E-state index in [1.165, 1.54) is 24.3 Å². The number of esters is 1. The lowest BCUT2D eigenvalue weighted by Gasteiger charge is -2.48. The molecule has 0 bridgehead atoms. The van der Waals surface area contributed by atoms with E-state index in [0.717, 1.165) is 11.4 Å². The highest BCUT2D eigenvalue weighted by Gasteiger charge is 2.53. The third-order valence-electron chi connectivity index (χ3n) is 7.91. The van der Waals surface area contributed by atoms with Crippen LogP contribution in [0.4, 0.5) is 28.4 Å². The van der Waals surface area contributed by atoms with Gasteiger partial charge in [0.1, 0.15) is 6.61 Å².